The van der Waals surface area contributed by atoms with Gasteiger partial charge in [0.2, 0.25) is 0 Å². The summed E-state index contributed by atoms with van der Waals surface area (Å²) in [6, 6.07) is 20.0. The summed E-state index contributed by atoms with van der Waals surface area (Å²) in [6.07, 6.45) is 3.58. The van der Waals surface area contributed by atoms with Crippen LogP contribution in [0.2, 0.25) is 0 Å². The maximum atomic E-state index is 13.7. The fraction of sp³-hybridized carbons (Fsp3) is 0.148. The number of fused-ring (bicyclic) bond motifs is 3. The molecular formula is C27H23N3O2S2. The molecule has 5 rings (SSSR count). The Hall–Kier alpha value is -3.42. The van der Waals surface area contributed by atoms with Gasteiger partial charge >= 0.3 is 0 Å². The number of thioether (sulfide) groups is 1. The van der Waals surface area contributed by atoms with Crippen molar-refractivity contribution < 1.29 is 4.74 Å². The van der Waals surface area contributed by atoms with E-state index in [0.29, 0.717) is 28.8 Å². The fourth-order valence-electron chi connectivity index (χ4n) is 3.79. The zero-order valence-corrected chi connectivity index (χ0v) is 20.4. The second-order valence-corrected chi connectivity index (χ2v) is 9.64. The molecule has 3 aromatic heterocycles. The van der Waals surface area contributed by atoms with Gasteiger partial charge in [0, 0.05) is 22.9 Å². The first kappa shape index (κ1) is 22.4. The average molecular weight is 486 g/mol. The molecule has 0 aliphatic rings. The lowest BCUT2D eigenvalue weighted by atomic mass is 10.1. The summed E-state index contributed by atoms with van der Waals surface area (Å²) in [7, 11) is 0. The Bertz CT molecular complexity index is 1540. The van der Waals surface area contributed by atoms with Gasteiger partial charge in [0.1, 0.15) is 15.3 Å². The van der Waals surface area contributed by atoms with Crippen molar-refractivity contribution in [2.45, 2.75) is 24.4 Å². The third-order valence-corrected chi connectivity index (χ3v) is 7.64. The number of para-hydroxylation sites is 1. The van der Waals surface area contributed by atoms with Crippen LogP contribution in [0.4, 0.5) is 0 Å². The minimum atomic E-state index is -0.0520. The SMILES string of the molecule is C=Cc1ccc(CSc2nc3c(sc4ncccc43)c(=O)n2Cc2ccccc2OCC)cc1. The van der Waals surface area contributed by atoms with E-state index in [0.717, 1.165) is 38.2 Å². The average Bonchev–Trinajstić information content (AvgIpc) is 3.25. The van der Waals surface area contributed by atoms with E-state index < -0.39 is 0 Å². The number of benzene rings is 2. The number of ether oxygens (including phenoxy) is 1. The number of nitrogens with zero attached hydrogens (tertiary/aromatic N) is 3. The molecule has 0 bridgehead atoms. The normalized spacial score (nSPS) is 11.2. The van der Waals surface area contributed by atoms with Crippen molar-refractivity contribution in [3.05, 3.63) is 100 Å². The van der Waals surface area contributed by atoms with Gasteiger partial charge in [-0.15, -0.1) is 11.3 Å². The Balaban J connectivity index is 1.61. The quantitative estimate of drug-likeness (QED) is 0.188. The maximum absolute atomic E-state index is 13.7. The summed E-state index contributed by atoms with van der Waals surface area (Å²) in [6.45, 7) is 6.72. The summed E-state index contributed by atoms with van der Waals surface area (Å²) < 4.78 is 8.21. The van der Waals surface area contributed by atoms with E-state index in [1.54, 1.807) is 22.5 Å². The van der Waals surface area contributed by atoms with Crippen molar-refractivity contribution in [1.82, 2.24) is 14.5 Å². The van der Waals surface area contributed by atoms with E-state index >= 15 is 0 Å². The summed E-state index contributed by atoms with van der Waals surface area (Å²) in [5.41, 5.74) is 3.85. The van der Waals surface area contributed by atoms with Gasteiger partial charge in [-0.2, -0.15) is 0 Å². The molecule has 170 valence electrons. The van der Waals surface area contributed by atoms with Crippen molar-refractivity contribution in [3.8, 4) is 5.75 Å². The molecule has 7 heteroatoms. The van der Waals surface area contributed by atoms with Gasteiger partial charge in [-0.3, -0.25) is 9.36 Å². The third-order valence-electron chi connectivity index (χ3n) is 5.50. The molecule has 0 saturated heterocycles. The predicted molar refractivity (Wildman–Crippen MR) is 142 cm³/mol. The van der Waals surface area contributed by atoms with E-state index in [1.807, 2.05) is 61.5 Å². The van der Waals surface area contributed by atoms with E-state index in [1.165, 1.54) is 11.3 Å². The standard InChI is InChI=1S/C27H23N3O2S2/c1-3-18-11-13-19(14-12-18)17-33-27-29-23-21-9-7-15-28-25(21)34-24(23)26(31)30(27)16-20-8-5-6-10-22(20)32-4-2/h3,5-15H,1,4,16-17H2,2H3. The molecule has 3 heterocycles. The van der Waals surface area contributed by atoms with Crippen LogP contribution in [0.3, 0.4) is 0 Å². The van der Waals surface area contributed by atoms with Crippen LogP contribution in [0.1, 0.15) is 23.6 Å². The smallest absolute Gasteiger partial charge is 0.272 e. The molecule has 5 nitrogen and oxygen atoms in total. The Morgan fingerprint density at radius 1 is 1.12 bits per heavy atom. The zero-order valence-electron chi connectivity index (χ0n) is 18.7. The first-order chi connectivity index (χ1) is 16.7. The van der Waals surface area contributed by atoms with Gasteiger partial charge < -0.3 is 4.74 Å². The molecule has 0 atom stereocenters. The molecule has 0 spiro atoms. The number of rotatable bonds is 8. The number of hydrogen-bond donors (Lipinski definition) is 0. The highest BCUT2D eigenvalue weighted by Gasteiger charge is 2.18. The molecular weight excluding hydrogens is 462 g/mol. The summed E-state index contributed by atoms with van der Waals surface area (Å²) in [5.74, 6) is 1.48. The molecule has 2 aromatic carbocycles. The largest absolute Gasteiger partial charge is 0.494 e. The van der Waals surface area contributed by atoms with Crippen LogP contribution in [0.15, 0.2) is 83.4 Å². The number of aromatic nitrogens is 3. The molecule has 0 amide bonds. The molecule has 0 unspecified atom stereocenters. The van der Waals surface area contributed by atoms with Crippen molar-refractivity contribution in [2.24, 2.45) is 0 Å². The van der Waals surface area contributed by atoms with Crippen LogP contribution < -0.4 is 10.3 Å². The van der Waals surface area contributed by atoms with Crippen LogP contribution >= 0.6 is 23.1 Å². The number of hydrogen-bond acceptors (Lipinski definition) is 6. The molecule has 0 N–H and O–H groups in total. The van der Waals surface area contributed by atoms with Crippen LogP contribution in [0.5, 0.6) is 5.75 Å². The van der Waals surface area contributed by atoms with Crippen molar-refractivity contribution in [1.29, 1.82) is 0 Å². The van der Waals surface area contributed by atoms with E-state index in [4.69, 9.17) is 9.72 Å². The lowest BCUT2D eigenvalue weighted by Gasteiger charge is -2.15. The Labute approximate surface area is 205 Å². The monoisotopic (exact) mass is 485 g/mol. The Morgan fingerprint density at radius 3 is 2.74 bits per heavy atom. The lowest BCUT2D eigenvalue weighted by Crippen LogP contribution is -2.23. The van der Waals surface area contributed by atoms with Crippen LogP contribution in [-0.4, -0.2) is 21.1 Å². The molecule has 0 aliphatic heterocycles. The lowest BCUT2D eigenvalue weighted by molar-refractivity contribution is 0.335. The van der Waals surface area contributed by atoms with Crippen molar-refractivity contribution in [3.63, 3.8) is 0 Å². The van der Waals surface area contributed by atoms with Crippen molar-refractivity contribution in [2.75, 3.05) is 6.61 Å². The first-order valence-electron chi connectivity index (χ1n) is 11.0. The highest BCUT2D eigenvalue weighted by molar-refractivity contribution is 7.98. The van der Waals surface area contributed by atoms with E-state index in [9.17, 15) is 4.79 Å². The highest BCUT2D eigenvalue weighted by Crippen LogP contribution is 2.32. The second-order valence-electron chi connectivity index (χ2n) is 7.70. The molecule has 34 heavy (non-hydrogen) atoms. The van der Waals surface area contributed by atoms with Gasteiger partial charge in [0.15, 0.2) is 5.16 Å². The fourth-order valence-corrected chi connectivity index (χ4v) is 5.77. The minimum absolute atomic E-state index is 0.0520. The predicted octanol–water partition coefficient (Wildman–Crippen LogP) is 6.39. The Kier molecular flexibility index (Phi) is 6.47. The zero-order chi connectivity index (χ0) is 23.5. The molecule has 0 saturated carbocycles. The highest BCUT2D eigenvalue weighted by atomic mass is 32.2. The number of pyridine rings is 1. The summed E-state index contributed by atoms with van der Waals surface area (Å²) >= 11 is 2.96. The molecule has 0 aliphatic carbocycles. The van der Waals surface area contributed by atoms with Gasteiger partial charge in [-0.1, -0.05) is 66.9 Å². The molecule has 0 fully saturated rings. The minimum Gasteiger partial charge on any atom is -0.494 e. The number of thiophene rings is 1. The first-order valence-corrected chi connectivity index (χ1v) is 12.8. The van der Waals surface area contributed by atoms with Gasteiger partial charge in [-0.05, 0) is 36.2 Å². The molecule has 5 aromatic rings. The molecule has 0 radical (unpaired) electrons. The summed E-state index contributed by atoms with van der Waals surface area (Å²) in [4.78, 5) is 24.0. The Morgan fingerprint density at radius 2 is 1.94 bits per heavy atom. The van der Waals surface area contributed by atoms with Crippen LogP contribution in [-0.2, 0) is 12.3 Å². The van der Waals surface area contributed by atoms with Gasteiger partial charge in [-0.25, -0.2) is 9.97 Å². The van der Waals surface area contributed by atoms with Crippen LogP contribution in [0.25, 0.3) is 26.5 Å². The second kappa shape index (κ2) is 9.83. The van der Waals surface area contributed by atoms with Crippen LogP contribution in [0, 0.1) is 0 Å². The topological polar surface area (TPSA) is 57.0 Å². The van der Waals surface area contributed by atoms with Crippen molar-refractivity contribution >= 4 is 49.6 Å². The third kappa shape index (κ3) is 4.36. The van der Waals surface area contributed by atoms with E-state index in [-0.39, 0.29) is 5.56 Å². The van der Waals surface area contributed by atoms with E-state index in [2.05, 4.69) is 23.7 Å². The summed E-state index contributed by atoms with van der Waals surface area (Å²) in [5, 5.41) is 1.60. The maximum Gasteiger partial charge on any atom is 0.272 e. The van der Waals surface area contributed by atoms with Gasteiger partial charge in [0.25, 0.3) is 5.56 Å². The van der Waals surface area contributed by atoms with Gasteiger partial charge in [0.05, 0.1) is 18.7 Å².